The summed E-state index contributed by atoms with van der Waals surface area (Å²) >= 11 is 0. The second-order valence-electron chi connectivity index (χ2n) is 24.9. The molecular formula is C70H90N6O30S2. The van der Waals surface area contributed by atoms with E-state index in [1.54, 1.807) is 12.1 Å². The minimum absolute atomic E-state index is 0.0181. The maximum atomic E-state index is 13.6. The number of ether oxygens (including phenoxy) is 12. The van der Waals surface area contributed by atoms with Gasteiger partial charge in [-0.2, -0.15) is 0 Å². The summed E-state index contributed by atoms with van der Waals surface area (Å²) in [6.45, 7) is 4.30. The van der Waals surface area contributed by atoms with E-state index in [0.717, 1.165) is 17.7 Å². The lowest BCUT2D eigenvalue weighted by molar-refractivity contribution is -0.277. The number of nitrogens with two attached hydrogens (primary N) is 2. The quantitative estimate of drug-likeness (QED) is 0.00880. The third kappa shape index (κ3) is 23.3. The summed E-state index contributed by atoms with van der Waals surface area (Å²) in [7, 11) is -8.74. The van der Waals surface area contributed by atoms with Gasteiger partial charge < -0.3 is 133 Å². The molecule has 1 saturated carbocycles. The molecule has 1 aliphatic carbocycles. The van der Waals surface area contributed by atoms with Crippen LogP contribution in [0.2, 0.25) is 0 Å². The number of Topliss-reactive ketones (excluding diaryl/α,β-unsaturated/α-hetero) is 1. The molecule has 108 heavy (non-hydrogen) atoms. The maximum absolute atomic E-state index is 13.6. The molecule has 0 aromatic heterocycles. The van der Waals surface area contributed by atoms with E-state index in [-0.39, 0.29) is 154 Å². The number of fused-ring (bicyclic) bond motifs is 4. The number of aryl methyl sites for hydroxylation is 1. The third-order valence-electron chi connectivity index (χ3n) is 17.2. The first-order valence-corrected chi connectivity index (χ1v) is 37.3. The molecule has 5 aromatic carbocycles. The molecule has 1 saturated heterocycles. The summed E-state index contributed by atoms with van der Waals surface area (Å²) in [5, 5.41) is 93.1. The van der Waals surface area contributed by atoms with Crippen LogP contribution >= 0.6 is 0 Å². The molecule has 15 N–H and O–H groups in total. The molecule has 592 valence electrons. The standard InChI is InChI=1S/C70H90N6O30S2/c1-41-2-13-48(14-3-41)107(89,90)33-16-50(78)43-6-8-44(9-7-43)67(86)73-17-20-93-24-27-97-29-30-98-31-32-99-39-46(71)36-76(72)19-22-95-25-28-96-26-23-94-21-18-74-68(87)45-10-15-51(103-70-64(85)61(82)58(79)54(37-77)104-70)52(34-45)106-108(91,92)105-47-11-4-42(5-12-47)38-100-66-56-49(35-53-65(66)102-40-101-53)55-57(75-69(56)88)60(81)63(84)62(83)59(55)80/h2-15,34-36,54-55,57-64,70,77,79-85H,16-33,37-40,71-72H2,1H3,(H,73,86)(H,74,87)(H,75,88)/b46-36-/t54-,55-,57-,58+,59-,60+,61+,62+,63+,64-,70-/m1/s1. The predicted octanol–water partition coefficient (Wildman–Crippen LogP) is -1.86. The van der Waals surface area contributed by atoms with Gasteiger partial charge in [-0.25, -0.2) is 14.3 Å². The number of ketones is 1. The van der Waals surface area contributed by atoms with Gasteiger partial charge in [0.15, 0.2) is 38.6 Å². The highest BCUT2D eigenvalue weighted by Crippen LogP contribution is 2.51. The minimum atomic E-state index is -5.12. The highest BCUT2D eigenvalue weighted by Gasteiger charge is 2.54. The summed E-state index contributed by atoms with van der Waals surface area (Å²) in [6, 6.07) is 21.3. The molecule has 11 atom stereocenters. The number of hydrogen-bond acceptors (Lipinski definition) is 33. The lowest BCUT2D eigenvalue weighted by Gasteiger charge is -2.47. The van der Waals surface area contributed by atoms with Gasteiger partial charge in [-0.05, 0) is 78.7 Å². The summed E-state index contributed by atoms with van der Waals surface area (Å²) in [6.07, 6.45) is -14.2. The van der Waals surface area contributed by atoms with Crippen LogP contribution in [0.3, 0.4) is 0 Å². The van der Waals surface area contributed by atoms with Crippen LogP contribution in [0.15, 0.2) is 114 Å². The molecule has 0 radical (unpaired) electrons. The van der Waals surface area contributed by atoms with Crippen molar-refractivity contribution < 1.29 is 142 Å². The van der Waals surface area contributed by atoms with Crippen molar-refractivity contribution in [3.05, 3.63) is 148 Å². The molecule has 0 bridgehead atoms. The zero-order valence-corrected chi connectivity index (χ0v) is 60.3. The van der Waals surface area contributed by atoms with Crippen molar-refractivity contribution >= 4 is 43.7 Å². The number of rotatable bonds is 44. The lowest BCUT2D eigenvalue weighted by Crippen LogP contribution is -2.66. The van der Waals surface area contributed by atoms with Crippen LogP contribution in [0.5, 0.6) is 34.5 Å². The van der Waals surface area contributed by atoms with Crippen molar-refractivity contribution in [3.8, 4) is 34.5 Å². The summed E-state index contributed by atoms with van der Waals surface area (Å²) in [4.78, 5) is 52.4. The van der Waals surface area contributed by atoms with Crippen LogP contribution < -0.4 is 54.8 Å². The minimum Gasteiger partial charge on any atom is -0.484 e. The second-order valence-corrected chi connectivity index (χ2v) is 28.2. The zero-order valence-electron chi connectivity index (χ0n) is 58.7. The van der Waals surface area contributed by atoms with Gasteiger partial charge >= 0.3 is 10.4 Å². The van der Waals surface area contributed by atoms with Crippen LogP contribution in [0, 0.1) is 6.92 Å². The third-order valence-corrected chi connectivity index (χ3v) is 19.7. The van der Waals surface area contributed by atoms with Crippen molar-refractivity contribution in [2.75, 3.05) is 131 Å². The first-order chi connectivity index (χ1) is 51.8. The fourth-order valence-corrected chi connectivity index (χ4v) is 13.4. The largest absolute Gasteiger partial charge is 0.501 e. The molecule has 38 heteroatoms. The number of aliphatic hydroxyl groups is 8. The molecule has 5 aromatic rings. The monoisotopic (exact) mass is 1560 g/mol. The molecule has 4 aliphatic rings. The lowest BCUT2D eigenvalue weighted by atomic mass is 9.70. The Bertz CT molecular complexity index is 4050. The van der Waals surface area contributed by atoms with E-state index in [2.05, 4.69) is 16.0 Å². The van der Waals surface area contributed by atoms with E-state index in [1.807, 2.05) is 6.92 Å². The van der Waals surface area contributed by atoms with Crippen LogP contribution in [0.25, 0.3) is 0 Å². The molecule has 0 unspecified atom stereocenters. The average Bonchev–Trinajstić information content (AvgIpc) is 1.16. The fraction of sp³-hybridized carbons (Fsp3) is 0.486. The van der Waals surface area contributed by atoms with Crippen LogP contribution in [-0.4, -0.2) is 279 Å². The number of carbonyl (C=O) groups is 4. The zero-order chi connectivity index (χ0) is 77.5. The van der Waals surface area contributed by atoms with E-state index in [0.29, 0.717) is 62.0 Å². The second kappa shape index (κ2) is 40.3. The van der Waals surface area contributed by atoms with Crippen molar-refractivity contribution in [1.29, 1.82) is 0 Å². The summed E-state index contributed by atoms with van der Waals surface area (Å²) < 4.78 is 130. The maximum Gasteiger partial charge on any atom is 0.501 e. The van der Waals surface area contributed by atoms with Crippen LogP contribution in [-0.2, 0) is 64.7 Å². The van der Waals surface area contributed by atoms with Crippen molar-refractivity contribution in [3.63, 3.8) is 0 Å². The fourth-order valence-electron chi connectivity index (χ4n) is 11.4. The van der Waals surface area contributed by atoms with Gasteiger partial charge in [0.2, 0.25) is 18.8 Å². The summed E-state index contributed by atoms with van der Waals surface area (Å²) in [5.41, 5.74) is 8.29. The molecule has 3 heterocycles. The van der Waals surface area contributed by atoms with E-state index in [9.17, 15) is 76.9 Å². The van der Waals surface area contributed by atoms with Gasteiger partial charge in [0.25, 0.3) is 17.7 Å². The van der Waals surface area contributed by atoms with Gasteiger partial charge in [-0.3, -0.25) is 19.2 Å². The normalized spacial score (nSPS) is 21.8. The molecule has 0 spiro atoms. The van der Waals surface area contributed by atoms with Gasteiger partial charge in [-0.15, -0.1) is 8.42 Å². The van der Waals surface area contributed by atoms with E-state index in [1.165, 1.54) is 84.0 Å². The van der Waals surface area contributed by atoms with Crippen LogP contribution in [0.4, 0.5) is 0 Å². The topological polar surface area (TPSA) is 519 Å². The van der Waals surface area contributed by atoms with Gasteiger partial charge in [0.05, 0.1) is 140 Å². The molecule has 36 nitrogen and oxygen atoms in total. The first-order valence-electron chi connectivity index (χ1n) is 34.3. The molecular weight excluding hydrogens is 1470 g/mol. The first kappa shape index (κ1) is 83.6. The Morgan fingerprint density at radius 1 is 0.630 bits per heavy atom. The number of carbonyl (C=O) groups excluding carboxylic acids is 4. The number of nitrogens with one attached hydrogen (secondary N) is 3. The Morgan fingerprint density at radius 2 is 1.19 bits per heavy atom. The molecule has 3 amide bonds. The Kier molecular flexibility index (Phi) is 31.2. The average molecular weight is 1560 g/mol. The Balaban J connectivity index is 0.606. The predicted molar refractivity (Wildman–Crippen MR) is 375 cm³/mol. The van der Waals surface area contributed by atoms with Crippen molar-refractivity contribution in [2.45, 2.75) is 91.9 Å². The van der Waals surface area contributed by atoms with E-state index < -0.39 is 117 Å². The van der Waals surface area contributed by atoms with Crippen molar-refractivity contribution in [1.82, 2.24) is 21.0 Å². The Labute approximate surface area is 621 Å². The number of benzene rings is 5. The van der Waals surface area contributed by atoms with Crippen LogP contribution in [0.1, 0.15) is 70.5 Å². The number of nitrogens with zero attached hydrogens (tertiary/aromatic N) is 1. The Morgan fingerprint density at radius 3 is 1.82 bits per heavy atom. The number of sulfone groups is 1. The highest BCUT2D eigenvalue weighted by atomic mass is 32.3. The van der Waals surface area contributed by atoms with Crippen molar-refractivity contribution in [2.24, 2.45) is 11.6 Å². The smallest absolute Gasteiger partial charge is 0.484 e. The van der Waals surface area contributed by atoms with E-state index >= 15 is 0 Å². The molecule has 3 aliphatic heterocycles. The number of aliphatic hydroxyl groups excluding tert-OH is 8. The van der Waals surface area contributed by atoms with Gasteiger partial charge in [-0.1, -0.05) is 42.0 Å². The van der Waals surface area contributed by atoms with E-state index in [4.69, 9.17) is 76.8 Å². The molecule has 2 fully saturated rings. The highest BCUT2D eigenvalue weighted by molar-refractivity contribution is 7.91. The summed E-state index contributed by atoms with van der Waals surface area (Å²) in [5.74, 6) is 1.10. The number of amides is 3. The number of hydrogen-bond donors (Lipinski definition) is 13. The van der Waals surface area contributed by atoms with Gasteiger partial charge in [0.1, 0.15) is 55.1 Å². The Hall–Kier alpha value is -8.46. The SMILES string of the molecule is Cc1ccc(S(=O)(=O)CCC(=O)c2ccc(C(=O)NCCOCCOCCOCCOC/C(N)=C/N(N)CCOCCOCCOCCNC(=O)c3ccc(O[C@@H]4O[C@H](CO)[C@H](O)[C@H](O)[C@H]4O)c(OS(=O)(=O)Oc4ccc(COc5c6c(cc7c5C(=O)N[C@H]5[C@H](O)[C@H](O)[C@@H](O)[C@H](O)[C@H]75)OCO6)cc4)c3)cc2)cc1. The number of hydrazine groups is 1. The van der Waals surface area contributed by atoms with Gasteiger partial charge in [0, 0.05) is 48.3 Å². The molecule has 9 rings (SSSR count).